The lowest BCUT2D eigenvalue weighted by molar-refractivity contribution is -0.102. The van der Waals surface area contributed by atoms with Gasteiger partial charge in [-0.25, -0.2) is 0 Å². The standard InChI is InChI=1S/C16H33NO/c1-5-9-15(17-12-6-2)16(18-7-3)11-8-10-14(4)13-16/h14-15,17H,5-13H2,1-4H3. The number of nitrogens with one attached hydrogen (secondary N) is 1. The number of ether oxygens (including phenoxy) is 1. The lowest BCUT2D eigenvalue weighted by Gasteiger charge is -2.46. The molecule has 0 radical (unpaired) electrons. The molecule has 0 aliphatic heterocycles. The number of rotatable bonds is 8. The smallest absolute Gasteiger partial charge is 0.0837 e. The minimum atomic E-state index is 0.109. The zero-order valence-corrected chi connectivity index (χ0v) is 12.9. The van der Waals surface area contributed by atoms with Crippen molar-refractivity contribution >= 4 is 0 Å². The molecule has 3 unspecified atom stereocenters. The Morgan fingerprint density at radius 3 is 2.61 bits per heavy atom. The molecule has 0 spiro atoms. The monoisotopic (exact) mass is 255 g/mol. The maximum absolute atomic E-state index is 6.29. The van der Waals surface area contributed by atoms with E-state index in [0.717, 1.165) is 19.1 Å². The normalized spacial score (nSPS) is 30.3. The van der Waals surface area contributed by atoms with Gasteiger partial charge in [-0.1, -0.05) is 40.0 Å². The van der Waals surface area contributed by atoms with Crippen molar-refractivity contribution < 1.29 is 4.74 Å². The first kappa shape index (κ1) is 16.0. The van der Waals surface area contributed by atoms with Crippen LogP contribution in [0.1, 0.15) is 72.6 Å². The van der Waals surface area contributed by atoms with E-state index in [4.69, 9.17) is 4.74 Å². The van der Waals surface area contributed by atoms with Gasteiger partial charge >= 0.3 is 0 Å². The van der Waals surface area contributed by atoms with Crippen LogP contribution in [0.3, 0.4) is 0 Å². The molecule has 0 saturated heterocycles. The number of hydrogen-bond acceptors (Lipinski definition) is 2. The molecule has 0 aromatic carbocycles. The van der Waals surface area contributed by atoms with Crippen molar-refractivity contribution in [2.75, 3.05) is 13.2 Å². The Morgan fingerprint density at radius 2 is 2.06 bits per heavy atom. The van der Waals surface area contributed by atoms with E-state index in [2.05, 4.69) is 33.0 Å². The van der Waals surface area contributed by atoms with Gasteiger partial charge in [0.2, 0.25) is 0 Å². The Bertz CT molecular complexity index is 215. The topological polar surface area (TPSA) is 21.3 Å². The summed E-state index contributed by atoms with van der Waals surface area (Å²) >= 11 is 0. The Morgan fingerprint density at radius 1 is 1.28 bits per heavy atom. The van der Waals surface area contributed by atoms with Gasteiger partial charge in [0.15, 0.2) is 0 Å². The summed E-state index contributed by atoms with van der Waals surface area (Å²) in [5.41, 5.74) is 0.109. The van der Waals surface area contributed by atoms with E-state index >= 15 is 0 Å². The Hall–Kier alpha value is -0.0800. The van der Waals surface area contributed by atoms with Gasteiger partial charge in [-0.2, -0.15) is 0 Å². The van der Waals surface area contributed by atoms with Crippen LogP contribution >= 0.6 is 0 Å². The SMILES string of the molecule is CCCNC(CCC)C1(OCC)CCCC(C)C1. The Kier molecular flexibility index (Phi) is 7.25. The highest BCUT2D eigenvalue weighted by molar-refractivity contribution is 4.97. The molecule has 0 aromatic rings. The molecule has 1 fully saturated rings. The molecule has 0 heterocycles. The van der Waals surface area contributed by atoms with E-state index in [-0.39, 0.29) is 5.60 Å². The van der Waals surface area contributed by atoms with E-state index in [1.807, 2.05) is 0 Å². The van der Waals surface area contributed by atoms with Crippen LogP contribution < -0.4 is 5.32 Å². The summed E-state index contributed by atoms with van der Waals surface area (Å²) in [5, 5.41) is 3.76. The molecular weight excluding hydrogens is 222 g/mol. The van der Waals surface area contributed by atoms with Gasteiger partial charge in [-0.05, 0) is 45.1 Å². The van der Waals surface area contributed by atoms with Gasteiger partial charge in [-0.3, -0.25) is 0 Å². The van der Waals surface area contributed by atoms with Crippen LogP contribution in [0, 0.1) is 5.92 Å². The molecule has 1 saturated carbocycles. The minimum absolute atomic E-state index is 0.109. The fourth-order valence-corrected chi connectivity index (χ4v) is 3.54. The summed E-state index contributed by atoms with van der Waals surface area (Å²) in [5.74, 6) is 0.813. The van der Waals surface area contributed by atoms with Crippen molar-refractivity contribution in [3.8, 4) is 0 Å². The van der Waals surface area contributed by atoms with Crippen LogP contribution in [0.25, 0.3) is 0 Å². The van der Waals surface area contributed by atoms with Crippen molar-refractivity contribution in [2.45, 2.75) is 84.3 Å². The van der Waals surface area contributed by atoms with Crippen molar-refractivity contribution in [3.05, 3.63) is 0 Å². The van der Waals surface area contributed by atoms with Crippen molar-refractivity contribution in [1.82, 2.24) is 5.32 Å². The third kappa shape index (κ3) is 4.24. The second kappa shape index (κ2) is 8.16. The van der Waals surface area contributed by atoms with Crippen molar-refractivity contribution in [2.24, 2.45) is 5.92 Å². The summed E-state index contributed by atoms with van der Waals surface area (Å²) in [4.78, 5) is 0. The Balaban J connectivity index is 2.76. The van der Waals surface area contributed by atoms with Crippen LogP contribution in [-0.4, -0.2) is 24.8 Å². The maximum Gasteiger partial charge on any atom is 0.0837 e. The van der Waals surface area contributed by atoms with Gasteiger partial charge in [0.1, 0.15) is 0 Å². The van der Waals surface area contributed by atoms with Crippen LogP contribution in [0.2, 0.25) is 0 Å². The molecule has 0 amide bonds. The second-order valence-corrected chi connectivity index (χ2v) is 5.99. The Labute approximate surface area is 114 Å². The molecule has 108 valence electrons. The quantitative estimate of drug-likeness (QED) is 0.704. The average molecular weight is 255 g/mol. The van der Waals surface area contributed by atoms with E-state index in [1.54, 1.807) is 0 Å². The molecule has 2 heteroatoms. The molecule has 3 atom stereocenters. The highest BCUT2D eigenvalue weighted by Gasteiger charge is 2.41. The van der Waals surface area contributed by atoms with Gasteiger partial charge in [0.05, 0.1) is 5.60 Å². The van der Waals surface area contributed by atoms with E-state index in [1.165, 1.54) is 44.9 Å². The predicted octanol–water partition coefficient (Wildman–Crippen LogP) is 4.14. The molecule has 1 aliphatic carbocycles. The average Bonchev–Trinajstić information content (AvgIpc) is 2.34. The largest absolute Gasteiger partial charge is 0.374 e. The predicted molar refractivity (Wildman–Crippen MR) is 79.0 cm³/mol. The van der Waals surface area contributed by atoms with Crippen molar-refractivity contribution in [3.63, 3.8) is 0 Å². The highest BCUT2D eigenvalue weighted by atomic mass is 16.5. The fourth-order valence-electron chi connectivity index (χ4n) is 3.54. The summed E-state index contributed by atoms with van der Waals surface area (Å²) < 4.78 is 6.29. The molecule has 2 nitrogen and oxygen atoms in total. The summed E-state index contributed by atoms with van der Waals surface area (Å²) in [6.07, 6.45) is 8.88. The van der Waals surface area contributed by atoms with Gasteiger partial charge in [-0.15, -0.1) is 0 Å². The molecule has 1 rings (SSSR count). The molecule has 1 aliphatic rings. The summed E-state index contributed by atoms with van der Waals surface area (Å²) in [6, 6.07) is 0.546. The van der Waals surface area contributed by atoms with Gasteiger partial charge in [0.25, 0.3) is 0 Å². The molecular formula is C16H33NO. The molecule has 1 N–H and O–H groups in total. The van der Waals surface area contributed by atoms with Crippen LogP contribution in [0.5, 0.6) is 0 Å². The molecule has 0 aromatic heterocycles. The van der Waals surface area contributed by atoms with Crippen LogP contribution in [0.15, 0.2) is 0 Å². The summed E-state index contributed by atoms with van der Waals surface area (Å²) in [7, 11) is 0. The zero-order chi connectivity index (χ0) is 13.4. The van der Waals surface area contributed by atoms with E-state index in [9.17, 15) is 0 Å². The second-order valence-electron chi connectivity index (χ2n) is 5.99. The van der Waals surface area contributed by atoms with Crippen molar-refractivity contribution in [1.29, 1.82) is 0 Å². The third-order valence-corrected chi connectivity index (χ3v) is 4.28. The third-order valence-electron chi connectivity index (χ3n) is 4.28. The number of hydrogen-bond donors (Lipinski definition) is 1. The molecule has 18 heavy (non-hydrogen) atoms. The van der Waals surface area contributed by atoms with E-state index < -0.39 is 0 Å². The first-order valence-electron chi connectivity index (χ1n) is 8.05. The zero-order valence-electron chi connectivity index (χ0n) is 12.9. The van der Waals surface area contributed by atoms with Crippen LogP contribution in [-0.2, 0) is 4.74 Å². The van der Waals surface area contributed by atoms with E-state index in [0.29, 0.717) is 6.04 Å². The van der Waals surface area contributed by atoms with Crippen LogP contribution in [0.4, 0.5) is 0 Å². The van der Waals surface area contributed by atoms with Gasteiger partial charge < -0.3 is 10.1 Å². The lowest BCUT2D eigenvalue weighted by Crippen LogP contribution is -2.55. The summed E-state index contributed by atoms with van der Waals surface area (Å²) in [6.45, 7) is 11.0. The first-order chi connectivity index (χ1) is 8.68. The maximum atomic E-state index is 6.29. The fraction of sp³-hybridized carbons (Fsp3) is 1.00. The molecule has 0 bridgehead atoms. The first-order valence-corrected chi connectivity index (χ1v) is 8.05. The lowest BCUT2D eigenvalue weighted by atomic mass is 9.73. The minimum Gasteiger partial charge on any atom is -0.374 e. The highest BCUT2D eigenvalue weighted by Crippen LogP contribution is 2.39. The van der Waals surface area contributed by atoms with Gasteiger partial charge in [0, 0.05) is 12.6 Å².